The van der Waals surface area contributed by atoms with Crippen LogP contribution in [0.25, 0.3) is 0 Å². The molecule has 0 amide bonds. The van der Waals surface area contributed by atoms with Crippen molar-refractivity contribution in [3.05, 3.63) is 53.1 Å². The largest absolute Gasteiger partial charge is 0.493 e. The van der Waals surface area contributed by atoms with E-state index in [9.17, 15) is 0 Å². The van der Waals surface area contributed by atoms with Crippen LogP contribution in [0.4, 0.5) is 5.69 Å². The molecule has 0 bridgehead atoms. The lowest BCUT2D eigenvalue weighted by Gasteiger charge is -2.11. The number of hydrogen-bond donors (Lipinski definition) is 3. The number of aryl methyl sites for hydroxylation is 2. The lowest BCUT2D eigenvalue weighted by molar-refractivity contribution is 0.196. The van der Waals surface area contributed by atoms with E-state index < -0.39 is 0 Å². The first-order valence-corrected chi connectivity index (χ1v) is 8.08. The zero-order valence-electron chi connectivity index (χ0n) is 15.3. The number of halogens is 1. The summed E-state index contributed by atoms with van der Waals surface area (Å²) in [5.41, 5.74) is 10.2. The Bertz CT molecular complexity index is 751. The third-order valence-electron chi connectivity index (χ3n) is 3.79. The lowest BCUT2D eigenvalue weighted by atomic mass is 10.1. The van der Waals surface area contributed by atoms with Crippen LogP contribution in [0, 0.1) is 13.8 Å². The van der Waals surface area contributed by atoms with E-state index in [0.717, 1.165) is 11.3 Å². The number of ether oxygens (including phenoxy) is 2. The fourth-order valence-electron chi connectivity index (χ4n) is 2.27. The molecule has 2 aromatic carbocycles. The molecule has 0 aromatic heterocycles. The summed E-state index contributed by atoms with van der Waals surface area (Å²) >= 11 is 0. The molecule has 0 atom stereocenters. The quantitative estimate of drug-likeness (QED) is 0.328. The van der Waals surface area contributed by atoms with E-state index in [4.69, 9.17) is 20.3 Å². The molecule has 0 aliphatic rings. The summed E-state index contributed by atoms with van der Waals surface area (Å²) in [5.74, 6) is 1.54. The van der Waals surface area contributed by atoms with Gasteiger partial charge in [0.2, 0.25) is 0 Å². The monoisotopic (exact) mass is 471 g/mol. The number of anilines is 1. The standard InChI is InChI=1S/C19H25N3O3.HI/c1-13-4-6-16(10-14(13)2)22-19(20)21-12-15-5-7-17(25-9-8-23)18(11-15)24-3;/h4-7,10-11,23H,8-9,12H2,1-3H3,(H3,20,21,22);1H. The summed E-state index contributed by atoms with van der Waals surface area (Å²) in [7, 11) is 1.57. The van der Waals surface area contributed by atoms with Gasteiger partial charge in [0.25, 0.3) is 0 Å². The Kier molecular flexibility index (Phi) is 9.22. The average Bonchev–Trinajstić information content (AvgIpc) is 2.61. The molecule has 0 saturated carbocycles. The lowest BCUT2D eigenvalue weighted by Crippen LogP contribution is -2.22. The Morgan fingerprint density at radius 2 is 1.88 bits per heavy atom. The number of aliphatic hydroxyl groups excluding tert-OH is 1. The third-order valence-corrected chi connectivity index (χ3v) is 3.79. The average molecular weight is 471 g/mol. The van der Waals surface area contributed by atoms with Crippen LogP contribution in [-0.4, -0.2) is 31.4 Å². The van der Waals surface area contributed by atoms with Crippen LogP contribution in [-0.2, 0) is 6.54 Å². The number of methoxy groups -OCH3 is 1. The van der Waals surface area contributed by atoms with Crippen molar-refractivity contribution in [3.63, 3.8) is 0 Å². The van der Waals surface area contributed by atoms with Crippen molar-refractivity contribution >= 4 is 35.6 Å². The van der Waals surface area contributed by atoms with Gasteiger partial charge in [-0.3, -0.25) is 0 Å². The number of benzene rings is 2. The molecule has 0 saturated heterocycles. The van der Waals surface area contributed by atoms with E-state index in [1.54, 1.807) is 13.2 Å². The van der Waals surface area contributed by atoms with E-state index in [1.165, 1.54) is 11.1 Å². The maximum atomic E-state index is 8.84. The molecule has 0 aliphatic carbocycles. The Labute approximate surface area is 171 Å². The van der Waals surface area contributed by atoms with Gasteiger partial charge in [0.1, 0.15) is 6.61 Å². The molecule has 0 heterocycles. The summed E-state index contributed by atoms with van der Waals surface area (Å²) in [5, 5.41) is 11.9. The minimum Gasteiger partial charge on any atom is -0.493 e. The molecule has 0 unspecified atom stereocenters. The third kappa shape index (κ3) is 6.38. The van der Waals surface area contributed by atoms with Gasteiger partial charge in [0.05, 0.1) is 20.3 Å². The summed E-state index contributed by atoms with van der Waals surface area (Å²) in [6.07, 6.45) is 0. The molecule has 6 nitrogen and oxygen atoms in total. The SMILES string of the molecule is COc1cc(CN=C(N)Nc2ccc(C)c(C)c2)ccc1OCCO.I. The molecule has 2 rings (SSSR count). The van der Waals surface area contributed by atoms with Gasteiger partial charge in [-0.1, -0.05) is 12.1 Å². The fourth-order valence-corrected chi connectivity index (χ4v) is 2.27. The fraction of sp³-hybridized carbons (Fsp3) is 0.316. The van der Waals surface area contributed by atoms with Crippen LogP contribution in [0.1, 0.15) is 16.7 Å². The highest BCUT2D eigenvalue weighted by molar-refractivity contribution is 14.0. The van der Waals surface area contributed by atoms with Gasteiger partial charge in [-0.2, -0.15) is 0 Å². The maximum Gasteiger partial charge on any atom is 0.193 e. The van der Waals surface area contributed by atoms with E-state index in [2.05, 4.69) is 24.2 Å². The molecular weight excluding hydrogens is 445 g/mol. The van der Waals surface area contributed by atoms with Crippen molar-refractivity contribution in [2.45, 2.75) is 20.4 Å². The molecule has 26 heavy (non-hydrogen) atoms. The summed E-state index contributed by atoms with van der Waals surface area (Å²) in [6, 6.07) is 11.6. The summed E-state index contributed by atoms with van der Waals surface area (Å²) in [6.45, 7) is 4.72. The number of aliphatic imine (C=N–C) groups is 1. The molecular formula is C19H26IN3O3. The highest BCUT2D eigenvalue weighted by Gasteiger charge is 2.06. The van der Waals surface area contributed by atoms with Crippen LogP contribution < -0.4 is 20.5 Å². The molecule has 2 aromatic rings. The molecule has 0 radical (unpaired) electrons. The zero-order chi connectivity index (χ0) is 18.2. The second kappa shape index (κ2) is 10.9. The number of aliphatic hydroxyl groups is 1. The second-order valence-electron chi connectivity index (χ2n) is 5.68. The van der Waals surface area contributed by atoms with Crippen molar-refractivity contribution in [1.82, 2.24) is 0 Å². The number of guanidine groups is 1. The second-order valence-corrected chi connectivity index (χ2v) is 5.68. The summed E-state index contributed by atoms with van der Waals surface area (Å²) in [4.78, 5) is 4.36. The van der Waals surface area contributed by atoms with Crippen molar-refractivity contribution in [2.75, 3.05) is 25.6 Å². The van der Waals surface area contributed by atoms with Crippen LogP contribution in [0.15, 0.2) is 41.4 Å². The smallest absolute Gasteiger partial charge is 0.193 e. The van der Waals surface area contributed by atoms with Crippen LogP contribution >= 0.6 is 24.0 Å². The Morgan fingerprint density at radius 1 is 1.12 bits per heavy atom. The van der Waals surface area contributed by atoms with Gasteiger partial charge >= 0.3 is 0 Å². The molecule has 142 valence electrons. The number of hydrogen-bond acceptors (Lipinski definition) is 4. The van der Waals surface area contributed by atoms with Crippen molar-refractivity contribution in [1.29, 1.82) is 0 Å². The van der Waals surface area contributed by atoms with E-state index in [0.29, 0.717) is 24.0 Å². The van der Waals surface area contributed by atoms with Crippen LogP contribution in [0.5, 0.6) is 11.5 Å². The molecule has 0 spiro atoms. The van der Waals surface area contributed by atoms with Crippen molar-refractivity contribution in [3.8, 4) is 11.5 Å². The van der Waals surface area contributed by atoms with Gasteiger partial charge < -0.3 is 25.6 Å². The number of rotatable bonds is 7. The number of nitrogens with two attached hydrogens (primary N) is 1. The Balaban J connectivity index is 0.00000338. The van der Waals surface area contributed by atoms with Gasteiger partial charge in [-0.15, -0.1) is 24.0 Å². The minimum atomic E-state index is -0.0457. The highest BCUT2D eigenvalue weighted by Crippen LogP contribution is 2.28. The van der Waals surface area contributed by atoms with Gasteiger partial charge in [0, 0.05) is 5.69 Å². The topological polar surface area (TPSA) is 89.1 Å². The first-order valence-electron chi connectivity index (χ1n) is 8.08. The normalized spacial score (nSPS) is 10.8. The van der Waals surface area contributed by atoms with Crippen molar-refractivity contribution < 1.29 is 14.6 Å². The number of nitrogens with one attached hydrogen (secondary N) is 1. The first-order chi connectivity index (χ1) is 12.0. The van der Waals surface area contributed by atoms with Gasteiger partial charge in [-0.05, 0) is 54.8 Å². The highest BCUT2D eigenvalue weighted by atomic mass is 127. The molecule has 4 N–H and O–H groups in total. The molecule has 0 fully saturated rings. The Morgan fingerprint density at radius 3 is 2.54 bits per heavy atom. The first kappa shape index (κ1) is 22.0. The van der Waals surface area contributed by atoms with Gasteiger partial charge in [0.15, 0.2) is 17.5 Å². The summed E-state index contributed by atoms with van der Waals surface area (Å²) < 4.78 is 10.7. The zero-order valence-corrected chi connectivity index (χ0v) is 17.6. The number of nitrogens with zero attached hydrogens (tertiary/aromatic N) is 1. The van der Waals surface area contributed by atoms with Crippen molar-refractivity contribution in [2.24, 2.45) is 10.7 Å². The maximum absolute atomic E-state index is 8.84. The van der Waals surface area contributed by atoms with E-state index >= 15 is 0 Å². The van der Waals surface area contributed by atoms with E-state index in [-0.39, 0.29) is 37.2 Å². The van der Waals surface area contributed by atoms with E-state index in [1.807, 2.05) is 30.3 Å². The molecule has 0 aliphatic heterocycles. The van der Waals surface area contributed by atoms with Gasteiger partial charge in [-0.25, -0.2) is 4.99 Å². The van der Waals surface area contributed by atoms with Crippen LogP contribution in [0.2, 0.25) is 0 Å². The predicted octanol–water partition coefficient (Wildman–Crippen LogP) is 3.23. The minimum absolute atomic E-state index is 0. The predicted molar refractivity (Wildman–Crippen MR) is 116 cm³/mol. The molecule has 7 heteroatoms. The Hall–Kier alpha value is -2.00. The van der Waals surface area contributed by atoms with Crippen LogP contribution in [0.3, 0.4) is 0 Å².